The normalized spacial score (nSPS) is 17.4. The fraction of sp³-hybridized carbons (Fsp3) is 0.389. The Morgan fingerprint density at radius 2 is 1.64 bits per heavy atom. The highest BCUT2D eigenvalue weighted by atomic mass is 35.5. The van der Waals surface area contributed by atoms with Gasteiger partial charge in [-0.15, -0.1) is 0 Å². The molecule has 7 rings (SSSR count). The molecule has 0 aliphatic heterocycles. The standard InChI is InChI=1S/C36H30ClF10N7O3S/c1-16-9-24-31(36(45,46)47)50-53(32(24)35(16,43)44)14-27(55)49-26(12-18-10-19(38)13-20(39)11-18)29-22(6-3-17(2)48-29)23-7-8-25(37)28-30(23)54(15-34(40,41)42)51-33(28)52-58(56,57)21-4-5-21/h3,6-8,10-11,13,16,21,26H,4-5,9,12,14-15H2,1-2H3,(H,49,55)(H,51,52)/t16-,26+/m1/s1. The number of aromatic nitrogens is 5. The lowest BCUT2D eigenvalue weighted by molar-refractivity contribution is -0.143. The highest BCUT2D eigenvalue weighted by Gasteiger charge is 2.54. The number of rotatable bonds is 11. The molecule has 3 heterocycles. The van der Waals surface area contributed by atoms with E-state index in [0.717, 1.165) is 19.1 Å². The molecule has 0 saturated heterocycles. The molecule has 2 aliphatic carbocycles. The van der Waals surface area contributed by atoms with E-state index in [4.69, 9.17) is 11.6 Å². The Hall–Kier alpha value is -4.92. The van der Waals surface area contributed by atoms with Crippen molar-refractivity contribution < 1.29 is 57.1 Å². The number of pyridine rings is 1. The van der Waals surface area contributed by atoms with Gasteiger partial charge in [0.05, 0.1) is 32.9 Å². The molecular weight excluding hydrogens is 836 g/mol. The summed E-state index contributed by atoms with van der Waals surface area (Å²) in [4.78, 5) is 18.3. The van der Waals surface area contributed by atoms with Crippen LogP contribution in [0, 0.1) is 24.5 Å². The van der Waals surface area contributed by atoms with Crippen molar-refractivity contribution in [2.45, 2.75) is 82.2 Å². The first kappa shape index (κ1) is 41.2. The van der Waals surface area contributed by atoms with Crippen LogP contribution in [0.4, 0.5) is 49.7 Å². The zero-order valence-corrected chi connectivity index (χ0v) is 31.6. The molecule has 22 heteroatoms. The van der Waals surface area contributed by atoms with Crippen LogP contribution in [-0.4, -0.2) is 50.3 Å². The molecule has 10 nitrogen and oxygen atoms in total. The lowest BCUT2D eigenvalue weighted by atomic mass is 9.93. The Balaban J connectivity index is 1.37. The average Bonchev–Trinajstić information content (AvgIpc) is 3.76. The molecule has 2 atom stereocenters. The summed E-state index contributed by atoms with van der Waals surface area (Å²) in [5, 5.41) is 8.56. The van der Waals surface area contributed by atoms with Gasteiger partial charge in [0, 0.05) is 34.4 Å². The number of halogens is 11. The number of nitrogens with zero attached hydrogens (tertiary/aromatic N) is 5. The molecule has 0 bridgehead atoms. The summed E-state index contributed by atoms with van der Waals surface area (Å²) in [7, 11) is -4.09. The summed E-state index contributed by atoms with van der Waals surface area (Å²) < 4.78 is 172. The first-order valence-corrected chi connectivity index (χ1v) is 19.4. The van der Waals surface area contributed by atoms with E-state index >= 15 is 8.78 Å². The summed E-state index contributed by atoms with van der Waals surface area (Å²) in [6.07, 6.45) is -10.6. The lowest BCUT2D eigenvalue weighted by Crippen LogP contribution is -2.35. The Morgan fingerprint density at radius 3 is 2.26 bits per heavy atom. The summed E-state index contributed by atoms with van der Waals surface area (Å²) in [5.74, 6) is -9.12. The van der Waals surface area contributed by atoms with Crippen LogP contribution in [0.5, 0.6) is 0 Å². The predicted molar refractivity (Wildman–Crippen MR) is 189 cm³/mol. The van der Waals surface area contributed by atoms with Gasteiger partial charge in [-0.05, 0) is 62.4 Å². The van der Waals surface area contributed by atoms with Crippen LogP contribution in [0.2, 0.25) is 5.02 Å². The number of alkyl halides is 8. The van der Waals surface area contributed by atoms with E-state index in [0.29, 0.717) is 23.6 Å². The van der Waals surface area contributed by atoms with Gasteiger partial charge in [0.1, 0.15) is 30.4 Å². The van der Waals surface area contributed by atoms with Crippen molar-refractivity contribution >= 4 is 44.3 Å². The fourth-order valence-electron chi connectivity index (χ4n) is 7.15. The highest BCUT2D eigenvalue weighted by molar-refractivity contribution is 7.93. The molecule has 0 radical (unpaired) electrons. The zero-order chi connectivity index (χ0) is 42.3. The van der Waals surface area contributed by atoms with Crippen LogP contribution < -0.4 is 10.0 Å². The lowest BCUT2D eigenvalue weighted by Gasteiger charge is -2.23. The van der Waals surface area contributed by atoms with Gasteiger partial charge in [-0.25, -0.2) is 17.2 Å². The second-order valence-corrected chi connectivity index (χ2v) is 16.7. The molecule has 3 aromatic heterocycles. The molecule has 1 amide bonds. The minimum atomic E-state index is -5.14. The number of fused-ring (bicyclic) bond motifs is 2. The van der Waals surface area contributed by atoms with Crippen molar-refractivity contribution in [3.8, 4) is 11.1 Å². The Bertz CT molecular complexity index is 2550. The Kier molecular flexibility index (Phi) is 10.3. The number of benzene rings is 2. The van der Waals surface area contributed by atoms with Crippen molar-refractivity contribution in [1.82, 2.24) is 29.9 Å². The van der Waals surface area contributed by atoms with E-state index < -0.39 is 112 Å². The van der Waals surface area contributed by atoms with Gasteiger partial charge in [-0.1, -0.05) is 30.7 Å². The van der Waals surface area contributed by atoms with Gasteiger partial charge in [0.25, 0.3) is 5.92 Å². The molecule has 1 saturated carbocycles. The van der Waals surface area contributed by atoms with Crippen LogP contribution in [0.3, 0.4) is 0 Å². The van der Waals surface area contributed by atoms with Crippen molar-refractivity contribution in [2.24, 2.45) is 5.92 Å². The van der Waals surface area contributed by atoms with Crippen LogP contribution >= 0.6 is 11.6 Å². The summed E-state index contributed by atoms with van der Waals surface area (Å²) in [6, 6.07) is 6.26. The molecule has 5 aromatic rings. The number of amides is 1. The number of nitrogens with one attached hydrogen (secondary N) is 2. The Morgan fingerprint density at radius 1 is 0.983 bits per heavy atom. The second-order valence-electron chi connectivity index (χ2n) is 14.3. The smallest absolute Gasteiger partial charge is 0.346 e. The molecule has 2 aromatic carbocycles. The van der Waals surface area contributed by atoms with Gasteiger partial charge >= 0.3 is 12.4 Å². The minimum Gasteiger partial charge on any atom is -0.346 e. The summed E-state index contributed by atoms with van der Waals surface area (Å²) >= 11 is 6.49. The monoisotopic (exact) mass is 865 g/mol. The quantitative estimate of drug-likeness (QED) is 0.129. The molecule has 0 spiro atoms. The number of carbonyl (C=O) groups is 1. The van der Waals surface area contributed by atoms with E-state index in [1.807, 2.05) is 0 Å². The third-order valence-electron chi connectivity index (χ3n) is 9.81. The molecular formula is C36H30ClF10N7O3S. The first-order valence-electron chi connectivity index (χ1n) is 17.5. The van der Waals surface area contributed by atoms with Gasteiger partial charge in [-0.3, -0.25) is 23.9 Å². The minimum absolute atomic E-state index is 0.0194. The van der Waals surface area contributed by atoms with Gasteiger partial charge < -0.3 is 5.32 Å². The maximum absolute atomic E-state index is 15.3. The number of anilines is 1. The zero-order valence-electron chi connectivity index (χ0n) is 30.0. The molecule has 2 aliphatic rings. The van der Waals surface area contributed by atoms with Gasteiger partial charge in [0.15, 0.2) is 11.5 Å². The highest BCUT2D eigenvalue weighted by Crippen LogP contribution is 2.50. The van der Waals surface area contributed by atoms with E-state index in [1.54, 1.807) is 0 Å². The van der Waals surface area contributed by atoms with Crippen molar-refractivity contribution in [3.63, 3.8) is 0 Å². The summed E-state index contributed by atoms with van der Waals surface area (Å²) in [6.45, 7) is -0.358. The maximum atomic E-state index is 15.3. The molecule has 0 unspecified atom stereocenters. The van der Waals surface area contributed by atoms with Gasteiger partial charge in [0.2, 0.25) is 15.9 Å². The topological polar surface area (TPSA) is 124 Å². The average molecular weight is 866 g/mol. The van der Waals surface area contributed by atoms with Crippen LogP contribution in [0.15, 0.2) is 42.5 Å². The van der Waals surface area contributed by atoms with E-state index in [1.165, 1.54) is 31.2 Å². The van der Waals surface area contributed by atoms with E-state index in [9.17, 15) is 48.3 Å². The molecule has 310 valence electrons. The number of aryl methyl sites for hydroxylation is 1. The number of carbonyl (C=O) groups excluding carboxylic acids is 1. The molecule has 58 heavy (non-hydrogen) atoms. The molecule has 1 fully saturated rings. The van der Waals surface area contributed by atoms with E-state index in [-0.39, 0.29) is 48.7 Å². The van der Waals surface area contributed by atoms with Crippen LogP contribution in [0.25, 0.3) is 22.0 Å². The van der Waals surface area contributed by atoms with Crippen LogP contribution in [-0.2, 0) is 52.8 Å². The van der Waals surface area contributed by atoms with Gasteiger partial charge in [-0.2, -0.15) is 45.3 Å². The van der Waals surface area contributed by atoms with Crippen molar-refractivity contribution in [2.75, 3.05) is 4.72 Å². The number of hydrogen-bond donors (Lipinski definition) is 2. The Labute approximate surface area is 327 Å². The first-order chi connectivity index (χ1) is 26.9. The largest absolute Gasteiger partial charge is 0.435 e. The number of sulfonamides is 1. The van der Waals surface area contributed by atoms with Crippen LogP contribution in [0.1, 0.15) is 59.7 Å². The molecule has 2 N–H and O–H groups in total. The SMILES string of the molecule is Cc1ccc(-c2ccc(Cl)c3c(NS(=O)(=O)C4CC4)nn(CC(F)(F)F)c23)c([C@H](Cc2cc(F)cc(F)c2)NC(=O)Cn2nc(C(F)(F)F)c3c2C(F)(F)[C@H](C)C3)n1. The third-order valence-corrected chi connectivity index (χ3v) is 12.0. The maximum Gasteiger partial charge on any atom is 0.435 e. The van der Waals surface area contributed by atoms with E-state index in [2.05, 4.69) is 25.2 Å². The van der Waals surface area contributed by atoms with Crippen molar-refractivity contribution in [3.05, 3.63) is 93.0 Å². The summed E-state index contributed by atoms with van der Waals surface area (Å²) in [5.41, 5.74) is -3.86. The second kappa shape index (κ2) is 14.4. The third kappa shape index (κ3) is 8.06. The fourth-order valence-corrected chi connectivity index (χ4v) is 8.73. The van der Waals surface area contributed by atoms with Crippen molar-refractivity contribution in [1.29, 1.82) is 0 Å². The number of hydrogen-bond acceptors (Lipinski definition) is 6. The predicted octanol–water partition coefficient (Wildman–Crippen LogP) is 8.40.